The largest absolute Gasteiger partial charge is 0.281 e. The van der Waals surface area contributed by atoms with E-state index < -0.39 is 0 Å². The van der Waals surface area contributed by atoms with E-state index in [0.29, 0.717) is 10.7 Å². The molecule has 4 nitrogen and oxygen atoms in total. The van der Waals surface area contributed by atoms with E-state index in [-0.39, 0.29) is 5.12 Å². The quantitative estimate of drug-likeness (QED) is 0.585. The second kappa shape index (κ2) is 4.85. The van der Waals surface area contributed by atoms with Crippen LogP contribution in [0.3, 0.4) is 0 Å². The standard InChI is InChI=1S/C11H9N3OS/c1-8-4-6-13-11(14-8)16-10(15)9-3-2-5-12-7-9/h2-7H,1H3. The molecule has 2 rings (SSSR count). The van der Waals surface area contributed by atoms with Gasteiger partial charge in [0, 0.05) is 29.8 Å². The smallest absolute Gasteiger partial charge is 0.228 e. The Morgan fingerprint density at radius 2 is 2.19 bits per heavy atom. The summed E-state index contributed by atoms with van der Waals surface area (Å²) in [6.07, 6.45) is 4.80. The highest BCUT2D eigenvalue weighted by Gasteiger charge is 2.09. The average Bonchev–Trinajstić information content (AvgIpc) is 2.30. The number of carbonyl (C=O) groups excluding carboxylic acids is 1. The molecule has 2 aromatic heterocycles. The molecule has 0 aliphatic rings. The Labute approximate surface area is 97.2 Å². The number of thioether (sulfide) groups is 1. The van der Waals surface area contributed by atoms with Gasteiger partial charge in [0.15, 0.2) is 5.16 Å². The fourth-order valence-electron chi connectivity index (χ4n) is 1.10. The number of hydrogen-bond donors (Lipinski definition) is 0. The number of nitrogens with zero attached hydrogens (tertiary/aromatic N) is 3. The minimum atomic E-state index is -0.0984. The molecule has 0 unspecified atom stereocenters. The third-order valence-electron chi connectivity index (χ3n) is 1.85. The molecule has 5 heteroatoms. The van der Waals surface area contributed by atoms with Crippen molar-refractivity contribution in [2.75, 3.05) is 0 Å². The Balaban J connectivity index is 2.14. The number of carbonyl (C=O) groups is 1. The Morgan fingerprint density at radius 3 is 2.88 bits per heavy atom. The summed E-state index contributed by atoms with van der Waals surface area (Å²) in [5.41, 5.74) is 1.40. The summed E-state index contributed by atoms with van der Waals surface area (Å²) in [4.78, 5) is 23.8. The molecule has 0 fully saturated rings. The maximum absolute atomic E-state index is 11.8. The number of aromatic nitrogens is 3. The Bertz CT molecular complexity index is 502. The predicted octanol–water partition coefficient (Wildman–Crippen LogP) is 2.11. The van der Waals surface area contributed by atoms with Gasteiger partial charge in [-0.1, -0.05) is 0 Å². The van der Waals surface area contributed by atoms with Crippen molar-refractivity contribution in [2.24, 2.45) is 0 Å². The first-order valence-electron chi connectivity index (χ1n) is 4.67. The second-order valence-electron chi connectivity index (χ2n) is 3.11. The lowest BCUT2D eigenvalue weighted by molar-refractivity contribution is 0.108. The van der Waals surface area contributed by atoms with E-state index in [0.717, 1.165) is 17.5 Å². The maximum Gasteiger partial charge on any atom is 0.228 e. The highest BCUT2D eigenvalue weighted by molar-refractivity contribution is 8.14. The Kier molecular flexibility index (Phi) is 3.26. The summed E-state index contributed by atoms with van der Waals surface area (Å²) in [6.45, 7) is 1.86. The first kappa shape index (κ1) is 10.8. The molecular formula is C11H9N3OS. The molecule has 0 aromatic carbocycles. The van der Waals surface area contributed by atoms with Crippen molar-refractivity contribution >= 4 is 16.9 Å². The lowest BCUT2D eigenvalue weighted by Gasteiger charge is -1.99. The van der Waals surface area contributed by atoms with Crippen LogP contribution in [0.2, 0.25) is 0 Å². The lowest BCUT2D eigenvalue weighted by Crippen LogP contribution is -1.96. The minimum absolute atomic E-state index is 0.0984. The third-order valence-corrected chi connectivity index (χ3v) is 2.65. The molecule has 0 saturated heterocycles. The second-order valence-corrected chi connectivity index (χ2v) is 4.05. The van der Waals surface area contributed by atoms with Gasteiger partial charge >= 0.3 is 0 Å². The van der Waals surface area contributed by atoms with Crippen molar-refractivity contribution in [1.29, 1.82) is 0 Å². The average molecular weight is 231 g/mol. The van der Waals surface area contributed by atoms with Gasteiger partial charge in [-0.05, 0) is 36.9 Å². The first-order chi connectivity index (χ1) is 7.75. The summed E-state index contributed by atoms with van der Waals surface area (Å²) in [5, 5.41) is 0.368. The van der Waals surface area contributed by atoms with E-state index in [4.69, 9.17) is 0 Å². The number of aryl methyl sites for hydroxylation is 1. The normalized spacial score (nSPS) is 10.1. The fourth-order valence-corrected chi connectivity index (χ4v) is 1.81. The van der Waals surface area contributed by atoms with Crippen molar-refractivity contribution in [3.63, 3.8) is 0 Å². The van der Waals surface area contributed by atoms with Crippen LogP contribution in [0, 0.1) is 6.92 Å². The summed E-state index contributed by atoms with van der Waals surface area (Å²) in [5.74, 6) is 0. The molecule has 0 saturated carbocycles. The molecule has 0 bridgehead atoms. The zero-order chi connectivity index (χ0) is 11.4. The molecule has 2 heterocycles. The first-order valence-corrected chi connectivity index (χ1v) is 5.49. The van der Waals surface area contributed by atoms with Crippen molar-refractivity contribution in [3.05, 3.63) is 48.0 Å². The van der Waals surface area contributed by atoms with Gasteiger partial charge in [-0.25, -0.2) is 9.97 Å². The minimum Gasteiger partial charge on any atom is -0.281 e. The van der Waals surface area contributed by atoms with Crippen LogP contribution in [-0.2, 0) is 0 Å². The molecule has 0 spiro atoms. The monoisotopic (exact) mass is 231 g/mol. The van der Waals surface area contributed by atoms with Crippen LogP contribution in [-0.4, -0.2) is 20.1 Å². The molecule has 0 amide bonds. The molecule has 0 aliphatic carbocycles. The zero-order valence-corrected chi connectivity index (χ0v) is 9.44. The van der Waals surface area contributed by atoms with Crippen molar-refractivity contribution in [2.45, 2.75) is 12.1 Å². The van der Waals surface area contributed by atoms with Gasteiger partial charge in [0.1, 0.15) is 0 Å². The van der Waals surface area contributed by atoms with Gasteiger partial charge in [-0.2, -0.15) is 0 Å². The van der Waals surface area contributed by atoms with Gasteiger partial charge in [-0.3, -0.25) is 9.78 Å². The summed E-state index contributed by atoms with van der Waals surface area (Å²) >= 11 is 1.01. The van der Waals surface area contributed by atoms with E-state index in [1.54, 1.807) is 30.6 Å². The number of pyridine rings is 1. The van der Waals surface area contributed by atoms with Gasteiger partial charge < -0.3 is 0 Å². The van der Waals surface area contributed by atoms with E-state index in [9.17, 15) is 4.79 Å². The van der Waals surface area contributed by atoms with Gasteiger partial charge in [-0.15, -0.1) is 0 Å². The fraction of sp³-hybridized carbons (Fsp3) is 0.0909. The molecular weight excluding hydrogens is 222 g/mol. The molecule has 0 radical (unpaired) electrons. The van der Waals surface area contributed by atoms with Crippen LogP contribution in [0.15, 0.2) is 41.9 Å². The third kappa shape index (κ3) is 2.64. The van der Waals surface area contributed by atoms with Crippen LogP contribution >= 0.6 is 11.8 Å². The predicted molar refractivity (Wildman–Crippen MR) is 61.2 cm³/mol. The van der Waals surface area contributed by atoms with E-state index in [1.165, 1.54) is 6.20 Å². The van der Waals surface area contributed by atoms with E-state index in [1.807, 2.05) is 6.92 Å². The van der Waals surface area contributed by atoms with Crippen LogP contribution in [0.25, 0.3) is 0 Å². The Hall–Kier alpha value is -1.75. The SMILES string of the molecule is Cc1ccnc(SC(=O)c2cccnc2)n1. The molecule has 80 valence electrons. The molecule has 16 heavy (non-hydrogen) atoms. The number of hydrogen-bond acceptors (Lipinski definition) is 5. The highest BCUT2D eigenvalue weighted by atomic mass is 32.2. The van der Waals surface area contributed by atoms with Gasteiger partial charge in [0.2, 0.25) is 5.12 Å². The molecule has 0 atom stereocenters. The van der Waals surface area contributed by atoms with Gasteiger partial charge in [0.05, 0.1) is 0 Å². The van der Waals surface area contributed by atoms with Crippen LogP contribution in [0.1, 0.15) is 16.1 Å². The van der Waals surface area contributed by atoms with Crippen LogP contribution < -0.4 is 0 Å². The van der Waals surface area contributed by atoms with Crippen molar-refractivity contribution in [1.82, 2.24) is 15.0 Å². The summed E-state index contributed by atoms with van der Waals surface area (Å²) < 4.78 is 0. The molecule has 0 N–H and O–H groups in total. The maximum atomic E-state index is 11.8. The van der Waals surface area contributed by atoms with Crippen molar-refractivity contribution in [3.8, 4) is 0 Å². The van der Waals surface area contributed by atoms with Crippen molar-refractivity contribution < 1.29 is 4.79 Å². The topological polar surface area (TPSA) is 55.7 Å². The van der Waals surface area contributed by atoms with E-state index in [2.05, 4.69) is 15.0 Å². The number of rotatable bonds is 2. The zero-order valence-electron chi connectivity index (χ0n) is 8.62. The van der Waals surface area contributed by atoms with Crippen LogP contribution in [0.5, 0.6) is 0 Å². The lowest BCUT2D eigenvalue weighted by atomic mass is 10.3. The highest BCUT2D eigenvalue weighted by Crippen LogP contribution is 2.18. The molecule has 2 aromatic rings. The molecule has 0 aliphatic heterocycles. The van der Waals surface area contributed by atoms with Crippen LogP contribution in [0.4, 0.5) is 0 Å². The van der Waals surface area contributed by atoms with Gasteiger partial charge in [0.25, 0.3) is 0 Å². The van der Waals surface area contributed by atoms with E-state index >= 15 is 0 Å². The summed E-state index contributed by atoms with van der Waals surface area (Å²) in [7, 11) is 0. The Morgan fingerprint density at radius 1 is 1.31 bits per heavy atom. The summed E-state index contributed by atoms with van der Waals surface area (Å²) in [6, 6.07) is 5.24.